The molecular weight excluding hydrogens is 379 g/mol. The minimum Gasteiger partial charge on any atom is -0.355 e. The number of aromatic nitrogens is 4. The summed E-state index contributed by atoms with van der Waals surface area (Å²) in [6.07, 6.45) is 6.15. The van der Waals surface area contributed by atoms with Crippen LogP contribution < -0.4 is 5.46 Å². The molecule has 0 saturated heterocycles. The van der Waals surface area contributed by atoms with E-state index in [4.69, 9.17) is 12.8 Å². The Hall–Kier alpha value is -4.12. The molecule has 1 aromatic carbocycles. The van der Waals surface area contributed by atoms with Gasteiger partial charge in [0.15, 0.2) is 0 Å². The fraction of sp³-hybridized carbons (Fsp3) is 0. The van der Waals surface area contributed by atoms with E-state index in [1.165, 1.54) is 0 Å². The predicted molar refractivity (Wildman–Crippen MR) is 129 cm³/mol. The van der Waals surface area contributed by atoms with Gasteiger partial charge in [-0.2, -0.15) is 0 Å². The molecule has 6 rings (SSSR count). The van der Waals surface area contributed by atoms with E-state index < -0.39 is 0 Å². The van der Waals surface area contributed by atoms with Crippen LogP contribution in [0.5, 0.6) is 0 Å². The Labute approximate surface area is 180 Å². The Morgan fingerprint density at radius 3 is 1.74 bits per heavy atom. The van der Waals surface area contributed by atoms with Gasteiger partial charge in [-0.25, -0.2) is 9.97 Å². The largest absolute Gasteiger partial charge is 0.355 e. The van der Waals surface area contributed by atoms with Crippen LogP contribution in [0.3, 0.4) is 0 Å². The van der Waals surface area contributed by atoms with E-state index in [1.54, 1.807) is 0 Å². The molecule has 4 nitrogen and oxygen atoms in total. The van der Waals surface area contributed by atoms with Crippen LogP contribution >= 0.6 is 0 Å². The van der Waals surface area contributed by atoms with E-state index in [0.717, 1.165) is 61.4 Å². The fourth-order valence-electron chi connectivity index (χ4n) is 3.91. The number of aromatic amines is 2. The Morgan fingerprint density at radius 1 is 0.581 bits per heavy atom. The smallest absolute Gasteiger partial charge is 0.113 e. The first kappa shape index (κ1) is 17.7. The molecule has 31 heavy (non-hydrogen) atoms. The first-order valence-corrected chi connectivity index (χ1v) is 10.1. The highest BCUT2D eigenvalue weighted by Crippen LogP contribution is 2.28. The number of nitrogens with zero attached hydrogens (tertiary/aromatic N) is 2. The van der Waals surface area contributed by atoms with Crippen LogP contribution in [0.2, 0.25) is 0 Å². The Balaban J connectivity index is 1.63. The molecule has 2 N–H and O–H groups in total. The predicted octanol–water partition coefficient (Wildman–Crippen LogP) is 4.87. The summed E-state index contributed by atoms with van der Waals surface area (Å²) in [4.78, 5) is 16.5. The van der Waals surface area contributed by atoms with Gasteiger partial charge < -0.3 is 9.97 Å². The maximum Gasteiger partial charge on any atom is 0.113 e. The van der Waals surface area contributed by atoms with Crippen molar-refractivity contribution in [3.8, 4) is 0 Å². The first-order valence-electron chi connectivity index (χ1n) is 10.1. The lowest BCUT2D eigenvalue weighted by atomic mass is 9.93. The van der Waals surface area contributed by atoms with Crippen molar-refractivity contribution < 1.29 is 0 Å². The summed E-state index contributed by atoms with van der Waals surface area (Å²) in [5, 5.41) is 0. The summed E-state index contributed by atoms with van der Waals surface area (Å²) in [5.41, 5.74) is 10.5. The Kier molecular flexibility index (Phi) is 4.00. The summed E-state index contributed by atoms with van der Waals surface area (Å²) < 4.78 is 0. The minimum atomic E-state index is 0.745. The summed E-state index contributed by atoms with van der Waals surface area (Å²) in [7, 11) is 5.89. The molecule has 2 radical (unpaired) electrons. The van der Waals surface area contributed by atoms with Gasteiger partial charge in [0, 0.05) is 27.6 Å². The van der Waals surface area contributed by atoms with Gasteiger partial charge in [-0.05, 0) is 72.3 Å². The molecule has 0 atom stereocenters. The van der Waals surface area contributed by atoms with E-state index in [0.29, 0.717) is 0 Å². The van der Waals surface area contributed by atoms with Gasteiger partial charge in [-0.3, -0.25) is 0 Å². The second-order valence-corrected chi connectivity index (χ2v) is 7.71. The number of rotatable bonds is 1. The van der Waals surface area contributed by atoms with Crippen LogP contribution in [0.15, 0.2) is 72.8 Å². The summed E-state index contributed by atoms with van der Waals surface area (Å²) in [5.74, 6) is 0. The normalized spacial score (nSPS) is 12.7. The molecule has 0 unspecified atom stereocenters. The molecule has 0 amide bonds. The molecular formula is C26H17BN4. The molecule has 3 aromatic heterocycles. The molecule has 5 heteroatoms. The summed E-state index contributed by atoms with van der Waals surface area (Å²) in [6, 6.07) is 24.3. The molecule has 8 bridgehead atoms. The van der Waals surface area contributed by atoms with E-state index in [1.807, 2.05) is 48.6 Å². The van der Waals surface area contributed by atoms with E-state index in [2.05, 4.69) is 57.4 Å². The van der Waals surface area contributed by atoms with Gasteiger partial charge in [0.2, 0.25) is 0 Å². The van der Waals surface area contributed by atoms with Crippen LogP contribution in [0.1, 0.15) is 28.3 Å². The number of fused-ring (bicyclic) bond motifs is 8. The lowest BCUT2D eigenvalue weighted by Crippen LogP contribution is -2.00. The van der Waals surface area contributed by atoms with Gasteiger partial charge in [-0.1, -0.05) is 29.7 Å². The molecule has 2 aliphatic rings. The third kappa shape index (κ3) is 3.51. The number of benzene rings is 1. The second kappa shape index (κ2) is 6.99. The van der Waals surface area contributed by atoms with Crippen molar-refractivity contribution in [3.05, 3.63) is 101 Å². The maximum absolute atomic E-state index is 5.89. The zero-order chi connectivity index (χ0) is 20.8. The number of nitrogens with one attached hydrogen (secondary N) is 2. The SMILES string of the molecule is [B]c1ccc(C2=Cc3cc4ccc(cc5nc(cc6ccc(cc2n3)[nH]6)C=C5)[nH]4)cc1. The lowest BCUT2D eigenvalue weighted by Gasteiger charge is -2.02. The lowest BCUT2D eigenvalue weighted by molar-refractivity contribution is 1.30. The third-order valence-electron chi connectivity index (χ3n) is 5.39. The molecule has 4 aromatic rings. The third-order valence-corrected chi connectivity index (χ3v) is 5.39. The van der Waals surface area contributed by atoms with Gasteiger partial charge in [-0.15, -0.1) is 0 Å². The average Bonchev–Trinajstić information content (AvgIpc) is 3.54. The van der Waals surface area contributed by atoms with E-state index in [-0.39, 0.29) is 0 Å². The van der Waals surface area contributed by atoms with Crippen molar-refractivity contribution in [2.45, 2.75) is 0 Å². The summed E-state index contributed by atoms with van der Waals surface area (Å²) >= 11 is 0. The first-order chi connectivity index (χ1) is 15.2. The maximum atomic E-state index is 5.89. The van der Waals surface area contributed by atoms with Crippen molar-refractivity contribution in [1.29, 1.82) is 0 Å². The molecule has 0 aliphatic carbocycles. The van der Waals surface area contributed by atoms with Crippen molar-refractivity contribution in [3.63, 3.8) is 0 Å². The monoisotopic (exact) mass is 396 g/mol. The highest BCUT2D eigenvalue weighted by molar-refractivity contribution is 6.32. The molecule has 0 fully saturated rings. The topological polar surface area (TPSA) is 57.4 Å². The highest BCUT2D eigenvalue weighted by atomic mass is 14.8. The van der Waals surface area contributed by atoms with Crippen molar-refractivity contribution in [1.82, 2.24) is 19.9 Å². The average molecular weight is 396 g/mol. The quantitative estimate of drug-likeness (QED) is 0.390. The van der Waals surface area contributed by atoms with E-state index in [9.17, 15) is 0 Å². The van der Waals surface area contributed by atoms with Crippen molar-refractivity contribution in [2.75, 3.05) is 0 Å². The molecule has 144 valence electrons. The zero-order valence-electron chi connectivity index (χ0n) is 16.6. The van der Waals surface area contributed by atoms with Crippen molar-refractivity contribution in [2.24, 2.45) is 0 Å². The molecule has 2 aliphatic heterocycles. The van der Waals surface area contributed by atoms with Crippen LogP contribution in [0.25, 0.3) is 45.9 Å². The second-order valence-electron chi connectivity index (χ2n) is 7.71. The van der Waals surface area contributed by atoms with Gasteiger partial charge >= 0.3 is 0 Å². The molecule has 5 heterocycles. The van der Waals surface area contributed by atoms with Crippen LogP contribution in [-0.2, 0) is 0 Å². The Morgan fingerprint density at radius 2 is 1.13 bits per heavy atom. The van der Waals surface area contributed by atoms with Crippen molar-refractivity contribution >= 4 is 59.2 Å². The molecule has 0 spiro atoms. The standard InChI is InChI=1S/C26H17BN4/c27-17-3-1-16(2-4-17)25-14-24-13-22-8-7-20(29-22)11-18-5-6-19(28-18)12-21-9-10-23(30-21)15-26(25)31-24/h1-15,29-30H. The number of H-pyrrole nitrogens is 2. The zero-order valence-corrected chi connectivity index (χ0v) is 16.6. The number of hydrogen-bond acceptors (Lipinski definition) is 2. The van der Waals surface area contributed by atoms with Gasteiger partial charge in [0.1, 0.15) is 7.85 Å². The molecule has 0 saturated carbocycles. The summed E-state index contributed by atoms with van der Waals surface area (Å²) in [6.45, 7) is 0. The van der Waals surface area contributed by atoms with Gasteiger partial charge in [0.05, 0.1) is 22.8 Å². The number of hydrogen-bond donors (Lipinski definition) is 2. The minimum absolute atomic E-state index is 0.745. The van der Waals surface area contributed by atoms with Crippen LogP contribution in [-0.4, -0.2) is 27.8 Å². The highest BCUT2D eigenvalue weighted by Gasteiger charge is 2.12. The van der Waals surface area contributed by atoms with Gasteiger partial charge in [0.25, 0.3) is 0 Å². The fourth-order valence-corrected chi connectivity index (χ4v) is 3.91. The van der Waals surface area contributed by atoms with Crippen LogP contribution in [0.4, 0.5) is 0 Å². The Bertz CT molecular complexity index is 1540. The van der Waals surface area contributed by atoms with E-state index >= 15 is 0 Å². The van der Waals surface area contributed by atoms with Crippen LogP contribution in [0, 0.1) is 0 Å².